The molecular weight excluding hydrogens is 418 g/mol. The third-order valence-electron chi connectivity index (χ3n) is 4.91. The molecule has 1 atom stereocenters. The van der Waals surface area contributed by atoms with Crippen LogP contribution in [0.1, 0.15) is 29.7 Å². The summed E-state index contributed by atoms with van der Waals surface area (Å²) in [5.74, 6) is 0.0609. The highest BCUT2D eigenvalue weighted by Crippen LogP contribution is 2.44. The Kier molecular flexibility index (Phi) is 5.39. The maximum absolute atomic E-state index is 12.3. The van der Waals surface area contributed by atoms with Gasteiger partial charge in [-0.2, -0.15) is 5.10 Å². The van der Waals surface area contributed by atoms with Gasteiger partial charge in [-0.25, -0.2) is 4.79 Å². The zero-order chi connectivity index (χ0) is 19.5. The third kappa shape index (κ3) is 3.92. The Bertz CT molecular complexity index is 946. The van der Waals surface area contributed by atoms with Gasteiger partial charge in [0.1, 0.15) is 11.2 Å². The van der Waals surface area contributed by atoms with Crippen LogP contribution >= 0.6 is 15.9 Å². The molecule has 1 aliphatic carbocycles. The number of ether oxygens (including phenoxy) is 1. The molecule has 1 aromatic heterocycles. The van der Waals surface area contributed by atoms with Gasteiger partial charge in [-0.05, 0) is 57.2 Å². The molecule has 0 bridgehead atoms. The number of fused-ring (bicyclic) bond motifs is 3. The van der Waals surface area contributed by atoms with Gasteiger partial charge in [-0.15, -0.1) is 5.10 Å². The SMILES string of the molecule is C[C@@H](Cc1ccc(Br)nn1)NC(=O)OCC1c2ccccc2-c2ccccc21. The van der Waals surface area contributed by atoms with Crippen molar-refractivity contribution in [3.8, 4) is 11.1 Å². The number of benzene rings is 2. The van der Waals surface area contributed by atoms with Crippen LogP contribution in [0.15, 0.2) is 65.3 Å². The Morgan fingerprint density at radius 1 is 1.04 bits per heavy atom. The predicted molar refractivity (Wildman–Crippen MR) is 111 cm³/mol. The number of rotatable bonds is 5. The second kappa shape index (κ2) is 8.10. The Balaban J connectivity index is 1.38. The molecular formula is C22H20BrN3O2. The minimum Gasteiger partial charge on any atom is -0.449 e. The van der Waals surface area contributed by atoms with Crippen molar-refractivity contribution in [1.82, 2.24) is 15.5 Å². The summed E-state index contributed by atoms with van der Waals surface area (Å²) in [6.45, 7) is 2.23. The lowest BCUT2D eigenvalue weighted by Gasteiger charge is -2.17. The highest BCUT2D eigenvalue weighted by Gasteiger charge is 2.29. The average Bonchev–Trinajstić information content (AvgIpc) is 3.02. The summed E-state index contributed by atoms with van der Waals surface area (Å²) >= 11 is 3.26. The van der Waals surface area contributed by atoms with Crippen molar-refractivity contribution in [3.63, 3.8) is 0 Å². The van der Waals surface area contributed by atoms with Gasteiger partial charge >= 0.3 is 6.09 Å². The fourth-order valence-corrected chi connectivity index (χ4v) is 3.87. The number of halogens is 1. The molecule has 1 amide bonds. The van der Waals surface area contributed by atoms with E-state index in [2.05, 4.69) is 55.7 Å². The number of hydrogen-bond donors (Lipinski definition) is 1. The average molecular weight is 438 g/mol. The summed E-state index contributed by atoms with van der Waals surface area (Å²) in [4.78, 5) is 12.3. The molecule has 0 saturated carbocycles. The zero-order valence-corrected chi connectivity index (χ0v) is 17.0. The molecule has 2 aromatic carbocycles. The van der Waals surface area contributed by atoms with Crippen molar-refractivity contribution in [2.75, 3.05) is 6.61 Å². The molecule has 142 valence electrons. The summed E-state index contributed by atoms with van der Waals surface area (Å²) in [6.07, 6.45) is 0.171. The van der Waals surface area contributed by atoms with Gasteiger partial charge in [0.15, 0.2) is 0 Å². The first-order valence-corrected chi connectivity index (χ1v) is 10.0. The Morgan fingerprint density at radius 2 is 1.68 bits per heavy atom. The van der Waals surface area contributed by atoms with Crippen LogP contribution in [0.5, 0.6) is 0 Å². The summed E-state index contributed by atoms with van der Waals surface area (Å²) in [7, 11) is 0. The van der Waals surface area contributed by atoms with Gasteiger partial charge in [0.2, 0.25) is 0 Å². The molecule has 28 heavy (non-hydrogen) atoms. The van der Waals surface area contributed by atoms with E-state index in [0.717, 1.165) is 5.69 Å². The van der Waals surface area contributed by atoms with Crippen LogP contribution in [-0.2, 0) is 11.2 Å². The highest BCUT2D eigenvalue weighted by atomic mass is 79.9. The van der Waals surface area contributed by atoms with Crippen molar-refractivity contribution >= 4 is 22.0 Å². The van der Waals surface area contributed by atoms with E-state index in [-0.39, 0.29) is 12.0 Å². The largest absolute Gasteiger partial charge is 0.449 e. The first kappa shape index (κ1) is 18.6. The van der Waals surface area contributed by atoms with E-state index in [1.807, 2.05) is 43.3 Å². The van der Waals surface area contributed by atoms with Crippen molar-refractivity contribution in [1.29, 1.82) is 0 Å². The van der Waals surface area contributed by atoms with Crippen LogP contribution in [0.2, 0.25) is 0 Å². The Labute approximate surface area is 172 Å². The third-order valence-corrected chi connectivity index (χ3v) is 5.33. The summed E-state index contributed by atoms with van der Waals surface area (Å²) in [5, 5.41) is 10.9. The minimum atomic E-state index is -0.417. The molecule has 6 heteroatoms. The summed E-state index contributed by atoms with van der Waals surface area (Å²) in [5.41, 5.74) is 5.66. The zero-order valence-electron chi connectivity index (χ0n) is 15.4. The molecule has 4 rings (SSSR count). The van der Waals surface area contributed by atoms with E-state index >= 15 is 0 Å². The smallest absolute Gasteiger partial charge is 0.407 e. The van der Waals surface area contributed by atoms with Crippen molar-refractivity contribution in [2.24, 2.45) is 0 Å². The van der Waals surface area contributed by atoms with Crippen molar-refractivity contribution in [2.45, 2.75) is 25.3 Å². The molecule has 0 unspecified atom stereocenters. The maximum Gasteiger partial charge on any atom is 0.407 e. The van der Waals surface area contributed by atoms with E-state index in [1.54, 1.807) is 0 Å². The maximum atomic E-state index is 12.3. The molecule has 0 saturated heterocycles. The molecule has 0 fully saturated rings. The standard InChI is InChI=1S/C22H20BrN3O2/c1-14(12-15-10-11-21(23)26-25-15)24-22(27)28-13-20-18-8-4-2-6-16(18)17-7-3-5-9-19(17)20/h2-11,14,20H,12-13H2,1H3,(H,24,27)/t14-/m0/s1. The lowest BCUT2D eigenvalue weighted by Crippen LogP contribution is -2.35. The van der Waals surface area contributed by atoms with Crippen LogP contribution in [0.3, 0.4) is 0 Å². The van der Waals surface area contributed by atoms with E-state index < -0.39 is 6.09 Å². The molecule has 0 radical (unpaired) electrons. The van der Waals surface area contributed by atoms with Crippen LogP contribution in [0, 0.1) is 0 Å². The highest BCUT2D eigenvalue weighted by molar-refractivity contribution is 9.10. The van der Waals surface area contributed by atoms with E-state index in [1.165, 1.54) is 22.3 Å². The fraction of sp³-hybridized carbons (Fsp3) is 0.227. The number of aromatic nitrogens is 2. The number of amides is 1. The lowest BCUT2D eigenvalue weighted by molar-refractivity contribution is 0.139. The molecule has 5 nitrogen and oxygen atoms in total. The fourth-order valence-electron chi connectivity index (χ4n) is 3.66. The molecule has 1 heterocycles. The number of hydrogen-bond acceptors (Lipinski definition) is 4. The van der Waals surface area contributed by atoms with E-state index in [0.29, 0.717) is 17.6 Å². The normalized spacial score (nSPS) is 13.5. The van der Waals surface area contributed by atoms with Crippen LogP contribution in [-0.4, -0.2) is 28.9 Å². The van der Waals surface area contributed by atoms with Crippen LogP contribution in [0.25, 0.3) is 11.1 Å². The van der Waals surface area contributed by atoms with Gasteiger partial charge in [0.25, 0.3) is 0 Å². The number of nitrogens with zero attached hydrogens (tertiary/aromatic N) is 2. The predicted octanol–water partition coefficient (Wildman–Crippen LogP) is 4.71. The Morgan fingerprint density at radius 3 is 2.29 bits per heavy atom. The number of alkyl carbamates (subject to hydrolysis) is 1. The van der Waals surface area contributed by atoms with Crippen molar-refractivity contribution < 1.29 is 9.53 Å². The van der Waals surface area contributed by atoms with Gasteiger partial charge in [-0.3, -0.25) is 0 Å². The minimum absolute atomic E-state index is 0.0609. The first-order valence-electron chi connectivity index (χ1n) is 9.21. The quantitative estimate of drug-likeness (QED) is 0.627. The first-order chi connectivity index (χ1) is 13.6. The number of carbonyl (C=O) groups is 1. The van der Waals surface area contributed by atoms with E-state index in [9.17, 15) is 4.79 Å². The molecule has 1 N–H and O–H groups in total. The lowest BCUT2D eigenvalue weighted by atomic mass is 9.98. The molecule has 0 spiro atoms. The van der Waals surface area contributed by atoms with E-state index in [4.69, 9.17) is 4.74 Å². The second-order valence-electron chi connectivity index (χ2n) is 6.92. The summed E-state index contributed by atoms with van der Waals surface area (Å²) in [6, 6.07) is 20.2. The molecule has 1 aliphatic rings. The number of nitrogens with one attached hydrogen (secondary N) is 1. The van der Waals surface area contributed by atoms with Gasteiger partial charge < -0.3 is 10.1 Å². The van der Waals surface area contributed by atoms with Gasteiger partial charge in [0.05, 0.1) is 5.69 Å². The topological polar surface area (TPSA) is 64.1 Å². The Hall–Kier alpha value is -2.73. The number of carbonyl (C=O) groups excluding carboxylic acids is 1. The second-order valence-corrected chi connectivity index (χ2v) is 7.73. The monoisotopic (exact) mass is 437 g/mol. The molecule has 3 aromatic rings. The van der Waals surface area contributed by atoms with Crippen LogP contribution < -0.4 is 5.32 Å². The molecule has 0 aliphatic heterocycles. The van der Waals surface area contributed by atoms with Crippen molar-refractivity contribution in [3.05, 3.63) is 82.1 Å². The van der Waals surface area contributed by atoms with Gasteiger partial charge in [-0.1, -0.05) is 48.5 Å². The van der Waals surface area contributed by atoms with Gasteiger partial charge in [0, 0.05) is 18.4 Å². The summed E-state index contributed by atoms with van der Waals surface area (Å²) < 4.78 is 6.26. The van der Waals surface area contributed by atoms with Crippen LogP contribution in [0.4, 0.5) is 4.79 Å².